The second-order valence-electron chi connectivity index (χ2n) is 10.1. The molecule has 3 heterocycles. The monoisotopic (exact) mass is 486 g/mol. The van der Waals surface area contributed by atoms with Crippen LogP contribution in [0.4, 0.5) is 0 Å². The van der Waals surface area contributed by atoms with E-state index in [1.807, 2.05) is 41.1 Å². The van der Waals surface area contributed by atoms with Crippen LogP contribution >= 0.6 is 0 Å². The summed E-state index contributed by atoms with van der Waals surface area (Å²) in [6.45, 7) is 9.01. The minimum atomic E-state index is -0.0829. The van der Waals surface area contributed by atoms with E-state index in [1.165, 1.54) is 0 Å². The number of rotatable bonds is 9. The van der Waals surface area contributed by atoms with E-state index in [0.717, 1.165) is 52.9 Å². The highest BCUT2D eigenvalue weighted by molar-refractivity contribution is 5.79. The molecule has 8 heteroatoms. The summed E-state index contributed by atoms with van der Waals surface area (Å²) in [5.41, 5.74) is 3.83. The molecule has 0 amide bonds. The van der Waals surface area contributed by atoms with Gasteiger partial charge in [-0.3, -0.25) is 9.69 Å². The Morgan fingerprint density at radius 3 is 2.75 bits per heavy atom. The minimum absolute atomic E-state index is 0.0601. The molecule has 0 spiro atoms. The molecule has 5 rings (SSSR count). The summed E-state index contributed by atoms with van der Waals surface area (Å²) in [6, 6.07) is 18.2. The zero-order chi connectivity index (χ0) is 25.1. The van der Waals surface area contributed by atoms with E-state index in [2.05, 4.69) is 64.4 Å². The van der Waals surface area contributed by atoms with Gasteiger partial charge in [0.15, 0.2) is 5.82 Å². The Kier molecular flexibility index (Phi) is 7.25. The topological polar surface area (TPSA) is 88.9 Å². The highest BCUT2D eigenvalue weighted by Crippen LogP contribution is 2.30. The Balaban J connectivity index is 1.51. The molecule has 1 aliphatic heterocycles. The van der Waals surface area contributed by atoms with Crippen molar-refractivity contribution in [2.24, 2.45) is 5.92 Å². The van der Waals surface area contributed by atoms with E-state index in [4.69, 9.17) is 4.74 Å². The lowest BCUT2D eigenvalue weighted by Crippen LogP contribution is -2.40. The lowest BCUT2D eigenvalue weighted by Gasteiger charge is -2.35. The number of ether oxygens (including phenoxy) is 1. The van der Waals surface area contributed by atoms with Gasteiger partial charge in [0.25, 0.3) is 5.56 Å². The smallest absolute Gasteiger partial charge is 0.252 e. The van der Waals surface area contributed by atoms with Crippen molar-refractivity contribution in [1.29, 1.82) is 0 Å². The third kappa shape index (κ3) is 5.39. The number of nitrogens with one attached hydrogen (secondary N) is 1. The summed E-state index contributed by atoms with van der Waals surface area (Å²) in [5.74, 6) is 1.02. The number of aromatic nitrogens is 5. The molecule has 1 fully saturated rings. The maximum Gasteiger partial charge on any atom is 0.252 e. The summed E-state index contributed by atoms with van der Waals surface area (Å²) < 4.78 is 7.91. The molecule has 0 unspecified atom stereocenters. The molecular weight excluding hydrogens is 452 g/mol. The van der Waals surface area contributed by atoms with Gasteiger partial charge in [-0.2, -0.15) is 0 Å². The van der Waals surface area contributed by atoms with Crippen LogP contribution < -0.4 is 5.56 Å². The summed E-state index contributed by atoms with van der Waals surface area (Å²) in [4.78, 5) is 18.5. The van der Waals surface area contributed by atoms with Crippen molar-refractivity contribution in [3.05, 3.63) is 87.5 Å². The number of tetrazole rings is 1. The standard InChI is InChI=1S/C28H34N6O2/c1-19(2)26(27-30-31-32-34(27)16-21-8-5-4-6-9-21)33(18-24-10-7-13-36-24)17-23-15-22-14-20(3)11-12-25(22)29-28(23)35/h4-6,8-9,11-12,14-15,19,24,26H,7,10,13,16-18H2,1-3H3,(H,29,35)/t24-,26+/m0/s1. The van der Waals surface area contributed by atoms with E-state index in [-0.39, 0.29) is 23.6 Å². The predicted octanol–water partition coefficient (Wildman–Crippen LogP) is 4.25. The molecule has 1 saturated heterocycles. The number of benzene rings is 2. The van der Waals surface area contributed by atoms with Crippen molar-refractivity contribution in [3.8, 4) is 0 Å². The number of H-pyrrole nitrogens is 1. The number of hydrogen-bond acceptors (Lipinski definition) is 6. The van der Waals surface area contributed by atoms with Crippen LogP contribution in [-0.2, 0) is 17.8 Å². The number of aryl methyl sites for hydroxylation is 1. The zero-order valence-electron chi connectivity index (χ0n) is 21.2. The first-order valence-corrected chi connectivity index (χ1v) is 12.8. The van der Waals surface area contributed by atoms with Gasteiger partial charge in [0.2, 0.25) is 0 Å². The van der Waals surface area contributed by atoms with Crippen molar-refractivity contribution in [2.75, 3.05) is 13.2 Å². The fraction of sp³-hybridized carbons (Fsp3) is 0.429. The Morgan fingerprint density at radius 2 is 2.00 bits per heavy atom. The van der Waals surface area contributed by atoms with Crippen LogP contribution in [0.2, 0.25) is 0 Å². The van der Waals surface area contributed by atoms with Crippen LogP contribution in [0.15, 0.2) is 59.4 Å². The van der Waals surface area contributed by atoms with Crippen LogP contribution in [0.5, 0.6) is 0 Å². The van der Waals surface area contributed by atoms with Gasteiger partial charge in [-0.15, -0.1) is 5.10 Å². The molecule has 188 valence electrons. The molecule has 1 aliphatic rings. The van der Waals surface area contributed by atoms with E-state index in [0.29, 0.717) is 19.6 Å². The average molecular weight is 487 g/mol. The number of aromatic amines is 1. The van der Waals surface area contributed by atoms with Crippen LogP contribution in [0.1, 0.15) is 55.2 Å². The molecule has 0 bridgehead atoms. The molecule has 2 atom stereocenters. The molecular formula is C28H34N6O2. The fourth-order valence-corrected chi connectivity index (χ4v) is 5.21. The zero-order valence-corrected chi connectivity index (χ0v) is 21.2. The van der Waals surface area contributed by atoms with Crippen molar-refractivity contribution in [2.45, 2.75) is 58.8 Å². The first kappa shape index (κ1) is 24.3. The quantitative estimate of drug-likeness (QED) is 0.381. The Hall–Kier alpha value is -3.36. The van der Waals surface area contributed by atoms with Crippen LogP contribution in [-0.4, -0.2) is 49.3 Å². The summed E-state index contributed by atoms with van der Waals surface area (Å²) in [7, 11) is 0. The molecule has 1 N–H and O–H groups in total. The van der Waals surface area contributed by atoms with Gasteiger partial charge in [-0.25, -0.2) is 4.68 Å². The first-order chi connectivity index (χ1) is 17.5. The van der Waals surface area contributed by atoms with Gasteiger partial charge >= 0.3 is 0 Å². The summed E-state index contributed by atoms with van der Waals surface area (Å²) >= 11 is 0. The summed E-state index contributed by atoms with van der Waals surface area (Å²) in [6.07, 6.45) is 2.21. The van der Waals surface area contributed by atoms with E-state index >= 15 is 0 Å². The van der Waals surface area contributed by atoms with Gasteiger partial charge in [0.05, 0.1) is 18.7 Å². The van der Waals surface area contributed by atoms with E-state index in [1.54, 1.807) is 0 Å². The lowest BCUT2D eigenvalue weighted by molar-refractivity contribution is 0.0385. The third-order valence-corrected chi connectivity index (χ3v) is 6.94. The maximum absolute atomic E-state index is 13.1. The van der Waals surface area contributed by atoms with Gasteiger partial charge in [-0.1, -0.05) is 55.8 Å². The van der Waals surface area contributed by atoms with Crippen molar-refractivity contribution in [3.63, 3.8) is 0 Å². The molecule has 0 radical (unpaired) electrons. The van der Waals surface area contributed by atoms with Crippen molar-refractivity contribution in [1.82, 2.24) is 30.1 Å². The third-order valence-electron chi connectivity index (χ3n) is 6.94. The average Bonchev–Trinajstić information content (AvgIpc) is 3.53. The summed E-state index contributed by atoms with van der Waals surface area (Å²) in [5, 5.41) is 13.9. The van der Waals surface area contributed by atoms with Gasteiger partial charge < -0.3 is 9.72 Å². The van der Waals surface area contributed by atoms with Crippen LogP contribution in [0, 0.1) is 12.8 Å². The Morgan fingerprint density at radius 1 is 1.17 bits per heavy atom. The molecule has 2 aromatic carbocycles. The molecule has 0 aliphatic carbocycles. The highest BCUT2D eigenvalue weighted by Gasteiger charge is 2.32. The minimum Gasteiger partial charge on any atom is -0.377 e. The van der Waals surface area contributed by atoms with E-state index < -0.39 is 0 Å². The number of fused-ring (bicyclic) bond motifs is 1. The molecule has 4 aromatic rings. The van der Waals surface area contributed by atoms with Crippen molar-refractivity contribution < 1.29 is 4.74 Å². The van der Waals surface area contributed by atoms with Crippen molar-refractivity contribution >= 4 is 10.9 Å². The predicted molar refractivity (Wildman–Crippen MR) is 140 cm³/mol. The molecule has 8 nitrogen and oxygen atoms in total. The second kappa shape index (κ2) is 10.7. The molecule has 2 aromatic heterocycles. The van der Waals surface area contributed by atoms with Crippen LogP contribution in [0.25, 0.3) is 10.9 Å². The Bertz CT molecular complexity index is 1360. The normalized spacial score (nSPS) is 16.9. The number of pyridine rings is 1. The van der Waals surface area contributed by atoms with Gasteiger partial charge in [0.1, 0.15) is 0 Å². The van der Waals surface area contributed by atoms with Crippen LogP contribution in [0.3, 0.4) is 0 Å². The van der Waals surface area contributed by atoms with E-state index in [9.17, 15) is 4.79 Å². The first-order valence-electron chi connectivity index (χ1n) is 12.8. The highest BCUT2D eigenvalue weighted by atomic mass is 16.5. The Labute approximate surface area is 211 Å². The second-order valence-corrected chi connectivity index (χ2v) is 10.1. The van der Waals surface area contributed by atoms with Gasteiger partial charge in [-0.05, 0) is 65.3 Å². The lowest BCUT2D eigenvalue weighted by atomic mass is 9.99. The molecule has 0 saturated carbocycles. The largest absolute Gasteiger partial charge is 0.377 e. The number of hydrogen-bond donors (Lipinski definition) is 1. The number of nitrogens with zero attached hydrogens (tertiary/aromatic N) is 5. The molecule has 36 heavy (non-hydrogen) atoms. The van der Waals surface area contributed by atoms with Gasteiger partial charge in [0, 0.05) is 30.8 Å². The maximum atomic E-state index is 13.1. The SMILES string of the molecule is Cc1ccc2[nH]c(=O)c(CN(C[C@@H]3CCCO3)[C@@H](c3nnnn3Cc3ccccc3)C(C)C)cc2c1. The fourth-order valence-electron chi connectivity index (χ4n) is 5.21.